The van der Waals surface area contributed by atoms with Crippen molar-refractivity contribution in [2.45, 2.75) is 64.9 Å². The molecule has 5 rings (SSSR count). The lowest BCUT2D eigenvalue weighted by Gasteiger charge is -2.26. The number of hydrogen-bond acceptors (Lipinski definition) is 4. The highest BCUT2D eigenvalue weighted by Gasteiger charge is 2.24. The van der Waals surface area contributed by atoms with Crippen LogP contribution in [0.3, 0.4) is 0 Å². The van der Waals surface area contributed by atoms with E-state index in [1.807, 2.05) is 48.5 Å². The molecule has 48 heavy (non-hydrogen) atoms. The predicted octanol–water partition coefficient (Wildman–Crippen LogP) is 10.6. The summed E-state index contributed by atoms with van der Waals surface area (Å²) in [5.41, 5.74) is 5.49. The summed E-state index contributed by atoms with van der Waals surface area (Å²) in [6, 6.07) is 38.2. The summed E-state index contributed by atoms with van der Waals surface area (Å²) in [7, 11) is 2.71. The van der Waals surface area contributed by atoms with Crippen molar-refractivity contribution >= 4 is 20.8 Å². The zero-order valence-corrected chi connectivity index (χ0v) is 29.9. The summed E-state index contributed by atoms with van der Waals surface area (Å²) in [6.45, 7) is 13.0. The Morgan fingerprint density at radius 2 is 1.02 bits per heavy atom. The van der Waals surface area contributed by atoms with Crippen LogP contribution in [-0.2, 0) is 10.8 Å². The number of carbonyl (C=O) groups excluding carboxylic acids is 2. The normalized spacial score (nSPS) is 12.3. The lowest BCUT2D eigenvalue weighted by molar-refractivity contribution is 0.103. The SMILES string of the molecule is CCC(C)(C)c1ccc(C(=O)c2cccc(C(=O)c3ccc(Oc4ccc(C(C)(C)c5ccc(OC(C)CP)cc5)cc4)cc3)c2)cc1. The van der Waals surface area contributed by atoms with Crippen LogP contribution in [0, 0.1) is 0 Å². The van der Waals surface area contributed by atoms with Gasteiger partial charge in [0.1, 0.15) is 17.2 Å². The molecule has 5 heteroatoms. The van der Waals surface area contributed by atoms with E-state index in [1.165, 1.54) is 16.7 Å². The van der Waals surface area contributed by atoms with Crippen LogP contribution in [0.1, 0.15) is 96.5 Å². The van der Waals surface area contributed by atoms with Crippen LogP contribution < -0.4 is 9.47 Å². The first-order valence-electron chi connectivity index (χ1n) is 16.6. The Hall–Kier alpha value is -4.53. The number of ketones is 2. The highest BCUT2D eigenvalue weighted by molar-refractivity contribution is 7.16. The maximum atomic E-state index is 13.4. The van der Waals surface area contributed by atoms with E-state index in [-0.39, 0.29) is 28.5 Å². The van der Waals surface area contributed by atoms with Gasteiger partial charge in [0, 0.05) is 27.7 Å². The number of carbonyl (C=O) groups is 2. The van der Waals surface area contributed by atoms with E-state index in [9.17, 15) is 9.59 Å². The minimum absolute atomic E-state index is 0.0485. The van der Waals surface area contributed by atoms with E-state index < -0.39 is 0 Å². The second kappa shape index (κ2) is 14.7. The fourth-order valence-corrected chi connectivity index (χ4v) is 5.66. The zero-order valence-electron chi connectivity index (χ0n) is 28.7. The first-order chi connectivity index (χ1) is 22.9. The third-order valence-electron chi connectivity index (χ3n) is 9.37. The van der Waals surface area contributed by atoms with Gasteiger partial charge in [0.2, 0.25) is 0 Å². The molecule has 5 aromatic rings. The van der Waals surface area contributed by atoms with Crippen molar-refractivity contribution in [3.05, 3.63) is 160 Å². The van der Waals surface area contributed by atoms with E-state index in [0.717, 1.165) is 18.3 Å². The molecule has 246 valence electrons. The van der Waals surface area contributed by atoms with Gasteiger partial charge < -0.3 is 9.47 Å². The molecule has 0 amide bonds. The average Bonchev–Trinajstić information content (AvgIpc) is 3.12. The molecule has 0 spiro atoms. The van der Waals surface area contributed by atoms with Gasteiger partial charge in [0.25, 0.3) is 0 Å². The highest BCUT2D eigenvalue weighted by atomic mass is 31.0. The van der Waals surface area contributed by atoms with Gasteiger partial charge in [-0.2, -0.15) is 0 Å². The molecule has 0 saturated carbocycles. The quantitative estimate of drug-likeness (QED) is 0.0935. The van der Waals surface area contributed by atoms with Crippen LogP contribution in [-0.4, -0.2) is 23.8 Å². The van der Waals surface area contributed by atoms with Gasteiger partial charge in [0.05, 0.1) is 6.10 Å². The Bertz CT molecular complexity index is 1850. The molecule has 0 radical (unpaired) electrons. The Morgan fingerprint density at radius 3 is 1.48 bits per heavy atom. The lowest BCUT2D eigenvalue weighted by Crippen LogP contribution is -2.19. The van der Waals surface area contributed by atoms with Gasteiger partial charge in [-0.25, -0.2) is 0 Å². The van der Waals surface area contributed by atoms with Gasteiger partial charge >= 0.3 is 0 Å². The molecule has 0 saturated heterocycles. The van der Waals surface area contributed by atoms with Crippen molar-refractivity contribution in [3.8, 4) is 17.2 Å². The van der Waals surface area contributed by atoms with Crippen molar-refractivity contribution in [3.63, 3.8) is 0 Å². The molecule has 2 unspecified atom stereocenters. The van der Waals surface area contributed by atoms with Crippen molar-refractivity contribution in [1.82, 2.24) is 0 Å². The molecule has 0 aliphatic heterocycles. The minimum atomic E-state index is -0.205. The van der Waals surface area contributed by atoms with Gasteiger partial charge in [-0.3, -0.25) is 9.59 Å². The van der Waals surface area contributed by atoms with E-state index in [0.29, 0.717) is 33.8 Å². The Balaban J connectivity index is 1.23. The topological polar surface area (TPSA) is 52.6 Å². The van der Waals surface area contributed by atoms with Crippen molar-refractivity contribution in [2.75, 3.05) is 6.16 Å². The molecule has 0 aliphatic rings. The van der Waals surface area contributed by atoms with Crippen LogP contribution in [0.4, 0.5) is 0 Å². The monoisotopic (exact) mass is 656 g/mol. The molecule has 4 nitrogen and oxygen atoms in total. The maximum Gasteiger partial charge on any atom is 0.193 e. The molecule has 0 N–H and O–H groups in total. The first kappa shape index (κ1) is 34.8. The highest BCUT2D eigenvalue weighted by Crippen LogP contribution is 2.34. The maximum absolute atomic E-state index is 13.4. The van der Waals surface area contributed by atoms with Crippen LogP contribution >= 0.6 is 9.24 Å². The van der Waals surface area contributed by atoms with Crippen LogP contribution in [0.15, 0.2) is 121 Å². The molecule has 0 aromatic heterocycles. The van der Waals surface area contributed by atoms with Crippen LogP contribution in [0.25, 0.3) is 0 Å². The average molecular weight is 657 g/mol. The second-order valence-corrected chi connectivity index (χ2v) is 14.0. The summed E-state index contributed by atoms with van der Waals surface area (Å²) in [5.74, 6) is 1.96. The fraction of sp³-hybridized carbons (Fsp3) is 0.256. The predicted molar refractivity (Wildman–Crippen MR) is 199 cm³/mol. The number of rotatable bonds is 13. The van der Waals surface area contributed by atoms with E-state index in [2.05, 4.69) is 75.0 Å². The number of ether oxygens (including phenoxy) is 2. The molecule has 0 bridgehead atoms. The molecule has 0 aliphatic carbocycles. The van der Waals surface area contributed by atoms with Crippen molar-refractivity contribution < 1.29 is 19.1 Å². The molecule has 0 heterocycles. The Kier molecular flexibility index (Phi) is 10.7. The van der Waals surface area contributed by atoms with Crippen molar-refractivity contribution in [1.29, 1.82) is 0 Å². The number of hydrogen-bond donors (Lipinski definition) is 0. The summed E-state index contributed by atoms with van der Waals surface area (Å²) in [5, 5.41) is 0. The third kappa shape index (κ3) is 7.94. The van der Waals surface area contributed by atoms with E-state index in [1.54, 1.807) is 48.5 Å². The largest absolute Gasteiger partial charge is 0.490 e. The Labute approximate surface area is 287 Å². The summed E-state index contributed by atoms with van der Waals surface area (Å²) in [4.78, 5) is 26.7. The van der Waals surface area contributed by atoms with E-state index >= 15 is 0 Å². The molecular formula is C43H45O4P. The molecule has 2 atom stereocenters. The molecule has 0 fully saturated rings. The fourth-order valence-electron chi connectivity index (χ4n) is 5.56. The standard InChI is InChI=1S/C43H45O4P/c1-7-42(3,4)34-15-11-30(12-16-34)40(44)32-9-8-10-33(27-32)41(45)31-13-21-38(22-14-31)47-39-25-19-36(20-26-39)43(5,6)35-17-23-37(24-18-35)46-29(2)28-48/h8-27,29H,7,28,48H2,1-6H3. The van der Waals surface area contributed by atoms with Crippen molar-refractivity contribution in [2.24, 2.45) is 0 Å². The summed E-state index contributed by atoms with van der Waals surface area (Å²) < 4.78 is 12.0. The third-order valence-corrected chi connectivity index (χ3v) is 10.0. The van der Waals surface area contributed by atoms with E-state index in [4.69, 9.17) is 9.47 Å². The van der Waals surface area contributed by atoms with Gasteiger partial charge in [-0.05, 0) is 96.2 Å². The first-order valence-corrected chi connectivity index (χ1v) is 17.4. The minimum Gasteiger partial charge on any atom is -0.490 e. The van der Waals surface area contributed by atoms with Crippen LogP contribution in [0.5, 0.6) is 17.2 Å². The summed E-state index contributed by atoms with van der Waals surface area (Å²) >= 11 is 0. The van der Waals surface area contributed by atoms with Gasteiger partial charge in [-0.15, -0.1) is 9.24 Å². The van der Waals surface area contributed by atoms with Gasteiger partial charge in [-0.1, -0.05) is 101 Å². The zero-order chi connectivity index (χ0) is 34.5. The molecule has 5 aromatic carbocycles. The summed E-state index contributed by atoms with van der Waals surface area (Å²) in [6.07, 6.45) is 2.05. The van der Waals surface area contributed by atoms with Gasteiger partial charge in [0.15, 0.2) is 11.6 Å². The van der Waals surface area contributed by atoms with Crippen LogP contribution in [0.2, 0.25) is 0 Å². The number of benzene rings is 5. The second-order valence-electron chi connectivity index (χ2n) is 13.5. The molecular weight excluding hydrogens is 611 g/mol. The lowest BCUT2D eigenvalue weighted by atomic mass is 9.78. The smallest absolute Gasteiger partial charge is 0.193 e. The Morgan fingerprint density at radius 1 is 0.604 bits per heavy atom.